The molecule has 0 unspecified atom stereocenters. The topological polar surface area (TPSA) is 73.0 Å². The van der Waals surface area contributed by atoms with Crippen LogP contribution in [0, 0.1) is 0 Å². The van der Waals surface area contributed by atoms with Gasteiger partial charge in [-0.3, -0.25) is 4.79 Å². The van der Waals surface area contributed by atoms with E-state index in [1.165, 1.54) is 0 Å². The fraction of sp³-hybridized carbons (Fsp3) is 0.143. The molecule has 0 bridgehead atoms. The molecule has 0 aliphatic carbocycles. The summed E-state index contributed by atoms with van der Waals surface area (Å²) in [7, 11) is 0. The highest BCUT2D eigenvalue weighted by Gasteiger charge is 2.03. The first-order valence-corrected chi connectivity index (χ1v) is 3.21. The molecule has 12 heavy (non-hydrogen) atoms. The lowest BCUT2D eigenvalue weighted by molar-refractivity contribution is -0.683. The van der Waals surface area contributed by atoms with E-state index in [4.69, 9.17) is 11.5 Å². The van der Waals surface area contributed by atoms with Crippen LogP contribution in [0.15, 0.2) is 24.5 Å². The SMILES string of the molecule is NC(=O)C[n+]1cccc(N)c1.[Cl-]. The maximum absolute atomic E-state index is 10.4. The zero-order valence-electron chi connectivity index (χ0n) is 6.40. The average Bonchev–Trinajstić information content (AvgIpc) is 1.85. The number of nitrogens with zero attached hydrogens (tertiary/aromatic N) is 1. The van der Waals surface area contributed by atoms with Crippen molar-refractivity contribution in [1.29, 1.82) is 0 Å². The molecule has 0 fully saturated rings. The van der Waals surface area contributed by atoms with Crippen molar-refractivity contribution in [2.24, 2.45) is 5.73 Å². The van der Waals surface area contributed by atoms with Crippen molar-refractivity contribution in [2.75, 3.05) is 5.73 Å². The molecule has 0 saturated carbocycles. The van der Waals surface area contributed by atoms with E-state index in [-0.39, 0.29) is 24.9 Å². The molecule has 0 aliphatic heterocycles. The molecule has 66 valence electrons. The molecule has 4 N–H and O–H groups in total. The first-order valence-electron chi connectivity index (χ1n) is 3.21. The number of hydrogen-bond acceptors (Lipinski definition) is 2. The van der Waals surface area contributed by atoms with Crippen LogP contribution in [0.4, 0.5) is 5.69 Å². The van der Waals surface area contributed by atoms with E-state index in [1.807, 2.05) is 0 Å². The molecule has 0 radical (unpaired) electrons. The van der Waals surface area contributed by atoms with Crippen molar-refractivity contribution in [3.8, 4) is 0 Å². The zero-order valence-corrected chi connectivity index (χ0v) is 7.16. The molecule has 0 aliphatic rings. The Bertz CT molecular complexity index is 277. The third kappa shape index (κ3) is 3.21. The van der Waals surface area contributed by atoms with Crippen molar-refractivity contribution in [3.05, 3.63) is 24.5 Å². The van der Waals surface area contributed by atoms with Gasteiger partial charge in [0, 0.05) is 6.07 Å². The van der Waals surface area contributed by atoms with Crippen LogP contribution < -0.4 is 28.4 Å². The third-order valence-electron chi connectivity index (χ3n) is 1.22. The van der Waals surface area contributed by atoms with Crippen molar-refractivity contribution in [2.45, 2.75) is 6.54 Å². The van der Waals surface area contributed by atoms with Crippen LogP contribution in [-0.2, 0) is 11.3 Å². The van der Waals surface area contributed by atoms with Crippen molar-refractivity contribution in [1.82, 2.24) is 0 Å². The molecule has 1 amide bonds. The van der Waals surface area contributed by atoms with Gasteiger partial charge in [0.1, 0.15) is 0 Å². The van der Waals surface area contributed by atoms with Crippen molar-refractivity contribution in [3.63, 3.8) is 0 Å². The highest BCUT2D eigenvalue weighted by atomic mass is 35.5. The number of rotatable bonds is 2. The molecule has 0 atom stereocenters. The van der Waals surface area contributed by atoms with Gasteiger partial charge in [-0.25, -0.2) is 0 Å². The van der Waals surface area contributed by atoms with E-state index in [0.717, 1.165) is 0 Å². The molecule has 1 aromatic heterocycles. The number of aromatic nitrogens is 1. The van der Waals surface area contributed by atoms with Crippen LogP contribution in [0.2, 0.25) is 0 Å². The van der Waals surface area contributed by atoms with Gasteiger partial charge in [0.15, 0.2) is 12.4 Å². The second-order valence-corrected chi connectivity index (χ2v) is 2.28. The summed E-state index contributed by atoms with van der Waals surface area (Å²) < 4.78 is 1.64. The van der Waals surface area contributed by atoms with Crippen LogP contribution in [-0.4, -0.2) is 5.91 Å². The predicted molar refractivity (Wildman–Crippen MR) is 40.2 cm³/mol. The largest absolute Gasteiger partial charge is 1.00 e. The first kappa shape index (κ1) is 10.7. The standard InChI is InChI=1S/C7H9N3O.ClH/c8-6-2-1-3-10(4-6)5-7(9)11;/h1-4H,5,8H2,(H-,9,11);1H. The number of nitrogen functional groups attached to an aromatic ring is 1. The number of primary amides is 1. The summed E-state index contributed by atoms with van der Waals surface area (Å²) in [6, 6.07) is 3.51. The highest BCUT2D eigenvalue weighted by Crippen LogP contribution is 1.92. The Morgan fingerprint density at radius 2 is 2.25 bits per heavy atom. The summed E-state index contributed by atoms with van der Waals surface area (Å²) in [5.41, 5.74) is 11.1. The van der Waals surface area contributed by atoms with Gasteiger partial charge in [-0.15, -0.1) is 0 Å². The Morgan fingerprint density at radius 3 is 2.75 bits per heavy atom. The molecule has 0 spiro atoms. The van der Waals surface area contributed by atoms with E-state index in [0.29, 0.717) is 5.69 Å². The van der Waals surface area contributed by atoms with Crippen LogP contribution in [0.5, 0.6) is 0 Å². The monoisotopic (exact) mass is 187 g/mol. The second kappa shape index (κ2) is 4.56. The molecular formula is C7H10ClN3O. The number of halogens is 1. The number of carbonyl (C=O) groups is 1. The summed E-state index contributed by atoms with van der Waals surface area (Å²) >= 11 is 0. The molecule has 1 rings (SSSR count). The smallest absolute Gasteiger partial charge is 0.283 e. The number of nitrogens with two attached hydrogens (primary N) is 2. The van der Waals surface area contributed by atoms with Gasteiger partial charge in [0.2, 0.25) is 6.54 Å². The number of amides is 1. The normalized spacial score (nSPS) is 8.67. The van der Waals surface area contributed by atoms with Crippen molar-refractivity contribution >= 4 is 11.6 Å². The first-order chi connectivity index (χ1) is 5.18. The van der Waals surface area contributed by atoms with E-state index in [2.05, 4.69) is 0 Å². The second-order valence-electron chi connectivity index (χ2n) is 2.28. The Hall–Kier alpha value is -1.29. The Morgan fingerprint density at radius 1 is 1.58 bits per heavy atom. The van der Waals surface area contributed by atoms with Gasteiger partial charge < -0.3 is 23.9 Å². The predicted octanol–water partition coefficient (Wildman–Crippen LogP) is -3.95. The molecular weight excluding hydrogens is 178 g/mol. The fourth-order valence-electron chi connectivity index (χ4n) is 0.821. The van der Waals surface area contributed by atoms with Gasteiger partial charge in [-0.05, 0) is 6.07 Å². The lowest BCUT2D eigenvalue weighted by Crippen LogP contribution is -3.00. The van der Waals surface area contributed by atoms with E-state index in [1.54, 1.807) is 29.1 Å². The number of anilines is 1. The number of hydrogen-bond donors (Lipinski definition) is 2. The molecule has 0 saturated heterocycles. The van der Waals surface area contributed by atoms with Gasteiger partial charge in [0.25, 0.3) is 5.91 Å². The molecule has 5 heteroatoms. The Balaban J connectivity index is 0.00000121. The molecule has 1 heterocycles. The number of carbonyl (C=O) groups excluding carboxylic acids is 1. The summed E-state index contributed by atoms with van der Waals surface area (Å²) in [5.74, 6) is -0.374. The minimum Gasteiger partial charge on any atom is -1.00 e. The van der Waals surface area contributed by atoms with E-state index >= 15 is 0 Å². The Kier molecular flexibility index (Phi) is 4.07. The molecule has 1 aromatic rings. The van der Waals surface area contributed by atoms with Crippen molar-refractivity contribution < 1.29 is 21.8 Å². The lowest BCUT2D eigenvalue weighted by atomic mass is 10.4. The van der Waals surface area contributed by atoms with Crippen LogP contribution in [0.3, 0.4) is 0 Å². The summed E-state index contributed by atoms with van der Waals surface area (Å²) in [6.07, 6.45) is 3.39. The lowest BCUT2D eigenvalue weighted by Gasteiger charge is -1.92. The van der Waals surface area contributed by atoms with Crippen LogP contribution >= 0.6 is 0 Å². The average molecular weight is 188 g/mol. The quantitative estimate of drug-likeness (QED) is 0.464. The minimum absolute atomic E-state index is 0. The third-order valence-corrected chi connectivity index (χ3v) is 1.22. The van der Waals surface area contributed by atoms with Gasteiger partial charge in [-0.2, -0.15) is 4.57 Å². The van der Waals surface area contributed by atoms with Crippen LogP contribution in [0.1, 0.15) is 0 Å². The summed E-state index contributed by atoms with van der Waals surface area (Å²) in [6.45, 7) is 0.172. The molecule has 4 nitrogen and oxygen atoms in total. The Labute approximate surface area is 76.6 Å². The minimum atomic E-state index is -0.374. The maximum atomic E-state index is 10.4. The molecule has 0 aromatic carbocycles. The van der Waals surface area contributed by atoms with Gasteiger partial charge in [0.05, 0.1) is 5.69 Å². The number of pyridine rings is 1. The maximum Gasteiger partial charge on any atom is 0.283 e. The fourth-order valence-corrected chi connectivity index (χ4v) is 0.821. The van der Waals surface area contributed by atoms with Gasteiger partial charge >= 0.3 is 0 Å². The van der Waals surface area contributed by atoms with Gasteiger partial charge in [-0.1, -0.05) is 0 Å². The zero-order chi connectivity index (χ0) is 8.27. The van der Waals surface area contributed by atoms with Crippen LogP contribution in [0.25, 0.3) is 0 Å². The van der Waals surface area contributed by atoms with E-state index < -0.39 is 0 Å². The highest BCUT2D eigenvalue weighted by molar-refractivity contribution is 5.72. The summed E-state index contributed by atoms with van der Waals surface area (Å²) in [5, 5.41) is 0. The summed E-state index contributed by atoms with van der Waals surface area (Å²) in [4.78, 5) is 10.4. The van der Waals surface area contributed by atoms with E-state index in [9.17, 15) is 4.79 Å².